The third-order valence-electron chi connectivity index (χ3n) is 4.84. The lowest BCUT2D eigenvalue weighted by atomic mass is 9.95. The summed E-state index contributed by atoms with van der Waals surface area (Å²) in [4.78, 5) is 25.8. The number of carbonyl (C=O) groups is 2. The molecule has 0 aliphatic heterocycles. The summed E-state index contributed by atoms with van der Waals surface area (Å²) in [5, 5.41) is 7.15. The molecule has 29 heavy (non-hydrogen) atoms. The molecule has 2 amide bonds. The van der Waals surface area contributed by atoms with Gasteiger partial charge in [-0.2, -0.15) is 0 Å². The number of nitrogens with two attached hydrogens (primary N) is 1. The molecule has 0 saturated heterocycles. The van der Waals surface area contributed by atoms with E-state index in [4.69, 9.17) is 15.0 Å². The standard InChI is InChI=1S/C21H21N3O4S/c1-2-27-13-9-7-12(8-10-13)16-11-15(24-28-16)20(26)23-21-18(19(22)25)14-5-3-4-6-17(14)29-21/h7-11H,2-6H2,1H3,(H2,22,25)(H,23,26). The van der Waals surface area contributed by atoms with E-state index in [9.17, 15) is 9.59 Å². The Labute approximate surface area is 171 Å². The number of ether oxygens (including phenoxy) is 1. The van der Waals surface area contributed by atoms with Crippen molar-refractivity contribution in [3.8, 4) is 17.1 Å². The topological polar surface area (TPSA) is 107 Å². The van der Waals surface area contributed by atoms with Crippen LogP contribution < -0.4 is 15.8 Å². The van der Waals surface area contributed by atoms with Gasteiger partial charge in [0.1, 0.15) is 10.8 Å². The number of nitrogens with zero attached hydrogens (tertiary/aromatic N) is 1. The molecule has 2 aromatic heterocycles. The minimum Gasteiger partial charge on any atom is -0.494 e. The molecule has 0 fully saturated rings. The maximum Gasteiger partial charge on any atom is 0.278 e. The zero-order chi connectivity index (χ0) is 20.4. The van der Waals surface area contributed by atoms with Crippen molar-refractivity contribution in [1.29, 1.82) is 0 Å². The van der Waals surface area contributed by atoms with Gasteiger partial charge in [-0.25, -0.2) is 0 Å². The molecule has 0 saturated carbocycles. The van der Waals surface area contributed by atoms with Crippen molar-refractivity contribution in [2.75, 3.05) is 11.9 Å². The molecule has 0 bridgehead atoms. The molecule has 4 rings (SSSR count). The molecule has 8 heteroatoms. The van der Waals surface area contributed by atoms with Crippen LogP contribution in [0.25, 0.3) is 11.3 Å². The predicted molar refractivity (Wildman–Crippen MR) is 111 cm³/mol. The molecule has 1 aromatic carbocycles. The van der Waals surface area contributed by atoms with Crippen molar-refractivity contribution in [2.24, 2.45) is 5.73 Å². The summed E-state index contributed by atoms with van der Waals surface area (Å²) in [7, 11) is 0. The molecule has 0 spiro atoms. The van der Waals surface area contributed by atoms with Gasteiger partial charge in [0.05, 0.1) is 12.2 Å². The minimum absolute atomic E-state index is 0.135. The van der Waals surface area contributed by atoms with Crippen molar-refractivity contribution >= 4 is 28.2 Å². The Kier molecular flexibility index (Phi) is 5.35. The van der Waals surface area contributed by atoms with Crippen LogP contribution in [-0.4, -0.2) is 23.6 Å². The van der Waals surface area contributed by atoms with E-state index in [0.717, 1.165) is 47.4 Å². The quantitative estimate of drug-likeness (QED) is 0.637. The minimum atomic E-state index is -0.519. The Balaban J connectivity index is 1.54. The number of primary amides is 1. The maximum absolute atomic E-state index is 12.7. The summed E-state index contributed by atoms with van der Waals surface area (Å²) in [5.74, 6) is 0.273. The zero-order valence-corrected chi connectivity index (χ0v) is 16.8. The molecule has 3 N–H and O–H groups in total. The lowest BCUT2D eigenvalue weighted by molar-refractivity contribution is 0.100. The van der Waals surface area contributed by atoms with Gasteiger partial charge in [-0.3, -0.25) is 9.59 Å². The first-order valence-corrected chi connectivity index (χ1v) is 10.3. The lowest BCUT2D eigenvalue weighted by Crippen LogP contribution is -2.18. The van der Waals surface area contributed by atoms with Crippen molar-refractivity contribution in [3.63, 3.8) is 0 Å². The molecule has 3 aromatic rings. The van der Waals surface area contributed by atoms with Crippen molar-refractivity contribution in [1.82, 2.24) is 5.16 Å². The maximum atomic E-state index is 12.7. The van der Waals surface area contributed by atoms with E-state index in [0.29, 0.717) is 22.9 Å². The van der Waals surface area contributed by atoms with E-state index in [1.807, 2.05) is 31.2 Å². The van der Waals surface area contributed by atoms with Gasteiger partial charge in [0.25, 0.3) is 11.8 Å². The van der Waals surface area contributed by atoms with E-state index in [2.05, 4.69) is 10.5 Å². The van der Waals surface area contributed by atoms with Crippen LogP contribution in [0, 0.1) is 0 Å². The summed E-state index contributed by atoms with van der Waals surface area (Å²) < 4.78 is 10.8. The highest BCUT2D eigenvalue weighted by atomic mass is 32.1. The van der Waals surface area contributed by atoms with Gasteiger partial charge in [-0.15, -0.1) is 11.3 Å². The number of fused-ring (bicyclic) bond motifs is 1. The Hall–Kier alpha value is -3.13. The average molecular weight is 411 g/mol. The highest BCUT2D eigenvalue weighted by molar-refractivity contribution is 7.17. The third-order valence-corrected chi connectivity index (χ3v) is 6.04. The van der Waals surface area contributed by atoms with Crippen LogP contribution >= 0.6 is 11.3 Å². The number of amides is 2. The van der Waals surface area contributed by atoms with Crippen molar-refractivity contribution in [2.45, 2.75) is 32.6 Å². The fourth-order valence-electron chi connectivity index (χ4n) is 3.48. The summed E-state index contributed by atoms with van der Waals surface area (Å²) in [6.45, 7) is 2.51. The number of hydrogen-bond donors (Lipinski definition) is 2. The highest BCUT2D eigenvalue weighted by Gasteiger charge is 2.26. The number of anilines is 1. The largest absolute Gasteiger partial charge is 0.494 e. The van der Waals surface area contributed by atoms with Crippen molar-refractivity contribution in [3.05, 3.63) is 52.0 Å². The SMILES string of the molecule is CCOc1ccc(-c2cc(C(=O)Nc3sc4c(c3C(N)=O)CCCC4)no2)cc1. The Morgan fingerprint density at radius 2 is 2.00 bits per heavy atom. The first-order valence-electron chi connectivity index (χ1n) is 9.52. The van der Waals surface area contributed by atoms with E-state index >= 15 is 0 Å². The van der Waals surface area contributed by atoms with Gasteiger partial charge < -0.3 is 20.3 Å². The monoisotopic (exact) mass is 411 g/mol. The summed E-state index contributed by atoms with van der Waals surface area (Å²) in [6, 6.07) is 8.91. The van der Waals surface area contributed by atoms with Crippen LogP contribution in [0.1, 0.15) is 51.1 Å². The second-order valence-electron chi connectivity index (χ2n) is 6.77. The molecular weight excluding hydrogens is 390 g/mol. The van der Waals surface area contributed by atoms with Gasteiger partial charge >= 0.3 is 0 Å². The molecular formula is C21H21N3O4S. The Morgan fingerprint density at radius 3 is 2.72 bits per heavy atom. The number of carbonyl (C=O) groups excluding carboxylic acids is 2. The number of aryl methyl sites for hydroxylation is 1. The van der Waals surface area contributed by atoms with E-state index < -0.39 is 11.8 Å². The fraction of sp³-hybridized carbons (Fsp3) is 0.286. The van der Waals surface area contributed by atoms with Crippen LogP contribution in [0.5, 0.6) is 5.75 Å². The van der Waals surface area contributed by atoms with Crippen LogP contribution in [0.4, 0.5) is 5.00 Å². The average Bonchev–Trinajstić information content (AvgIpc) is 3.33. The van der Waals surface area contributed by atoms with E-state index in [1.54, 1.807) is 6.07 Å². The molecule has 0 atom stereocenters. The third kappa shape index (κ3) is 3.88. The number of benzene rings is 1. The van der Waals surface area contributed by atoms with Gasteiger partial charge in [0.2, 0.25) is 0 Å². The second-order valence-corrected chi connectivity index (χ2v) is 7.87. The van der Waals surface area contributed by atoms with Gasteiger partial charge in [-0.1, -0.05) is 5.16 Å². The Bertz CT molecular complexity index is 1050. The fourth-order valence-corrected chi connectivity index (χ4v) is 4.77. The predicted octanol–water partition coefficient (Wildman–Crippen LogP) is 4.03. The lowest BCUT2D eigenvalue weighted by Gasteiger charge is -2.11. The molecule has 0 unspecified atom stereocenters. The summed E-state index contributed by atoms with van der Waals surface area (Å²) >= 11 is 1.42. The number of nitrogens with one attached hydrogen (secondary N) is 1. The smallest absolute Gasteiger partial charge is 0.278 e. The van der Waals surface area contributed by atoms with Gasteiger partial charge in [-0.05, 0) is 62.4 Å². The molecule has 150 valence electrons. The van der Waals surface area contributed by atoms with Crippen LogP contribution in [0.2, 0.25) is 0 Å². The summed E-state index contributed by atoms with van der Waals surface area (Å²) in [5.41, 5.74) is 7.90. The molecule has 7 nitrogen and oxygen atoms in total. The highest BCUT2D eigenvalue weighted by Crippen LogP contribution is 2.38. The van der Waals surface area contributed by atoms with E-state index in [-0.39, 0.29) is 5.69 Å². The summed E-state index contributed by atoms with van der Waals surface area (Å²) in [6.07, 6.45) is 3.81. The number of aromatic nitrogens is 1. The van der Waals surface area contributed by atoms with Crippen molar-refractivity contribution < 1.29 is 18.8 Å². The number of thiophene rings is 1. The van der Waals surface area contributed by atoms with Crippen LogP contribution in [-0.2, 0) is 12.8 Å². The molecule has 0 radical (unpaired) electrons. The second kappa shape index (κ2) is 8.08. The number of rotatable bonds is 6. The zero-order valence-electron chi connectivity index (χ0n) is 16.0. The number of hydrogen-bond acceptors (Lipinski definition) is 6. The normalized spacial score (nSPS) is 13.0. The first kappa shape index (κ1) is 19.2. The van der Waals surface area contributed by atoms with Crippen LogP contribution in [0.15, 0.2) is 34.9 Å². The van der Waals surface area contributed by atoms with Gasteiger partial charge in [0, 0.05) is 16.5 Å². The van der Waals surface area contributed by atoms with Gasteiger partial charge in [0.15, 0.2) is 11.5 Å². The Morgan fingerprint density at radius 1 is 1.24 bits per heavy atom. The van der Waals surface area contributed by atoms with Crippen LogP contribution in [0.3, 0.4) is 0 Å². The molecule has 1 aliphatic rings. The molecule has 1 aliphatic carbocycles. The first-order chi connectivity index (χ1) is 14.1. The molecule has 2 heterocycles. The van der Waals surface area contributed by atoms with E-state index in [1.165, 1.54) is 11.3 Å².